The minimum atomic E-state index is -0.105. The van der Waals surface area contributed by atoms with Crippen molar-refractivity contribution in [2.24, 2.45) is 0 Å². The molecule has 4 rings (SSSR count). The van der Waals surface area contributed by atoms with Crippen molar-refractivity contribution in [2.75, 3.05) is 36.4 Å². The summed E-state index contributed by atoms with van der Waals surface area (Å²) in [6, 6.07) is 17.6. The minimum Gasteiger partial charge on any atom is -0.368 e. The third-order valence-electron chi connectivity index (χ3n) is 4.45. The van der Waals surface area contributed by atoms with Crippen LogP contribution in [0.15, 0.2) is 60.8 Å². The lowest BCUT2D eigenvalue weighted by Gasteiger charge is -2.30. The number of pyridine rings is 1. The Morgan fingerprint density at radius 3 is 2.68 bits per heavy atom. The van der Waals surface area contributed by atoms with Crippen LogP contribution in [0.4, 0.5) is 11.4 Å². The van der Waals surface area contributed by atoms with Gasteiger partial charge in [0.05, 0.1) is 23.0 Å². The molecule has 2 N–H and O–H groups in total. The number of nitrogens with one attached hydrogen (secondary N) is 2. The molecule has 0 aliphatic carbocycles. The number of rotatable bonds is 3. The van der Waals surface area contributed by atoms with Gasteiger partial charge in [-0.25, -0.2) is 0 Å². The first-order valence-corrected chi connectivity index (χ1v) is 8.52. The van der Waals surface area contributed by atoms with Gasteiger partial charge in [0, 0.05) is 37.3 Å². The van der Waals surface area contributed by atoms with Gasteiger partial charge in [-0.15, -0.1) is 0 Å². The van der Waals surface area contributed by atoms with Crippen molar-refractivity contribution in [3.05, 3.63) is 66.4 Å². The lowest BCUT2D eigenvalue weighted by Crippen LogP contribution is -2.44. The Morgan fingerprint density at radius 1 is 1.04 bits per heavy atom. The molecule has 0 unspecified atom stereocenters. The van der Waals surface area contributed by atoms with Gasteiger partial charge in [0.15, 0.2) is 0 Å². The molecule has 1 amide bonds. The summed E-state index contributed by atoms with van der Waals surface area (Å²) in [4.78, 5) is 19.5. The number of carbonyl (C=O) groups is 1. The third kappa shape index (κ3) is 3.32. The number of anilines is 2. The van der Waals surface area contributed by atoms with Crippen molar-refractivity contribution in [3.8, 4) is 0 Å². The molecule has 1 fully saturated rings. The molecule has 3 aromatic rings. The van der Waals surface area contributed by atoms with Crippen LogP contribution in [0.3, 0.4) is 0 Å². The van der Waals surface area contributed by atoms with Crippen molar-refractivity contribution in [2.45, 2.75) is 0 Å². The van der Waals surface area contributed by atoms with E-state index in [2.05, 4.69) is 20.5 Å². The Hall–Kier alpha value is -2.92. The topological polar surface area (TPSA) is 57.3 Å². The van der Waals surface area contributed by atoms with E-state index in [9.17, 15) is 4.79 Å². The van der Waals surface area contributed by atoms with Gasteiger partial charge in [0.2, 0.25) is 0 Å². The molecule has 5 nitrogen and oxygen atoms in total. The molecular formula is C20H20N4O. The molecule has 25 heavy (non-hydrogen) atoms. The lowest BCUT2D eigenvalue weighted by molar-refractivity contribution is 0.102. The third-order valence-corrected chi connectivity index (χ3v) is 4.45. The largest absolute Gasteiger partial charge is 0.368 e. The van der Waals surface area contributed by atoms with E-state index in [1.807, 2.05) is 54.6 Å². The monoisotopic (exact) mass is 332 g/mol. The summed E-state index contributed by atoms with van der Waals surface area (Å²) in [5.41, 5.74) is 3.30. The highest BCUT2D eigenvalue weighted by molar-refractivity contribution is 6.08. The highest BCUT2D eigenvalue weighted by Gasteiger charge is 2.18. The average Bonchev–Trinajstić information content (AvgIpc) is 2.68. The zero-order valence-electron chi connectivity index (χ0n) is 13.9. The van der Waals surface area contributed by atoms with Crippen LogP contribution in [0.5, 0.6) is 0 Å². The molecule has 5 heteroatoms. The number of hydrogen-bond donors (Lipinski definition) is 2. The molecule has 1 aliphatic rings. The SMILES string of the molecule is O=C(Nc1cnc2ccccc2c1)c1ccccc1N1CCNCC1. The molecule has 0 radical (unpaired) electrons. The Morgan fingerprint density at radius 2 is 1.80 bits per heavy atom. The summed E-state index contributed by atoms with van der Waals surface area (Å²) in [5, 5.41) is 7.34. The van der Waals surface area contributed by atoms with Crippen LogP contribution in [-0.4, -0.2) is 37.1 Å². The second-order valence-corrected chi connectivity index (χ2v) is 6.13. The van der Waals surface area contributed by atoms with Gasteiger partial charge >= 0.3 is 0 Å². The highest BCUT2D eigenvalue weighted by atomic mass is 16.1. The van der Waals surface area contributed by atoms with E-state index in [1.165, 1.54) is 0 Å². The number of carbonyl (C=O) groups excluding carboxylic acids is 1. The fourth-order valence-corrected chi connectivity index (χ4v) is 3.18. The Bertz CT molecular complexity index is 903. The van der Waals surface area contributed by atoms with Crippen LogP contribution in [-0.2, 0) is 0 Å². The Labute approximate surface area is 146 Å². The number of fused-ring (bicyclic) bond motifs is 1. The molecule has 1 saturated heterocycles. The molecule has 2 aromatic carbocycles. The standard InChI is InChI=1S/C20H20N4O/c25-20(23-16-13-15-5-1-3-7-18(15)22-14-16)17-6-2-4-8-19(17)24-11-9-21-10-12-24/h1-8,13-14,21H,9-12H2,(H,23,25). The van der Waals surface area contributed by atoms with Gasteiger partial charge in [-0.3, -0.25) is 9.78 Å². The van der Waals surface area contributed by atoms with E-state index >= 15 is 0 Å². The average molecular weight is 332 g/mol. The van der Waals surface area contributed by atoms with Crippen molar-refractivity contribution in [3.63, 3.8) is 0 Å². The molecule has 0 spiro atoms. The number of benzene rings is 2. The number of hydrogen-bond acceptors (Lipinski definition) is 4. The first kappa shape index (κ1) is 15.6. The number of aromatic nitrogens is 1. The summed E-state index contributed by atoms with van der Waals surface area (Å²) in [6.45, 7) is 3.68. The van der Waals surface area contributed by atoms with Crippen LogP contribution < -0.4 is 15.5 Å². The van der Waals surface area contributed by atoms with E-state index < -0.39 is 0 Å². The van der Waals surface area contributed by atoms with Crippen LogP contribution in [0.25, 0.3) is 10.9 Å². The molecule has 126 valence electrons. The molecular weight excluding hydrogens is 312 g/mol. The van der Waals surface area contributed by atoms with Crippen molar-refractivity contribution in [1.82, 2.24) is 10.3 Å². The van der Waals surface area contributed by atoms with E-state index in [-0.39, 0.29) is 5.91 Å². The molecule has 0 atom stereocenters. The summed E-state index contributed by atoms with van der Waals surface area (Å²) in [5.74, 6) is -0.105. The fraction of sp³-hybridized carbons (Fsp3) is 0.200. The van der Waals surface area contributed by atoms with E-state index in [0.717, 1.165) is 42.8 Å². The Kier molecular flexibility index (Phi) is 4.31. The smallest absolute Gasteiger partial charge is 0.257 e. The molecule has 0 saturated carbocycles. The predicted octanol–water partition coefficient (Wildman–Crippen LogP) is 2.90. The minimum absolute atomic E-state index is 0.105. The summed E-state index contributed by atoms with van der Waals surface area (Å²) in [6.07, 6.45) is 1.70. The quantitative estimate of drug-likeness (QED) is 0.774. The van der Waals surface area contributed by atoms with Gasteiger partial charge in [0.1, 0.15) is 0 Å². The number of amides is 1. The van der Waals surface area contributed by atoms with Gasteiger partial charge in [-0.2, -0.15) is 0 Å². The van der Waals surface area contributed by atoms with Gasteiger partial charge < -0.3 is 15.5 Å². The van der Waals surface area contributed by atoms with E-state index in [1.54, 1.807) is 6.20 Å². The highest BCUT2D eigenvalue weighted by Crippen LogP contribution is 2.23. The first-order chi connectivity index (χ1) is 12.3. The van der Waals surface area contributed by atoms with Crippen molar-refractivity contribution >= 4 is 28.2 Å². The van der Waals surface area contributed by atoms with Gasteiger partial charge in [-0.1, -0.05) is 30.3 Å². The summed E-state index contributed by atoms with van der Waals surface area (Å²) in [7, 11) is 0. The van der Waals surface area contributed by atoms with E-state index in [4.69, 9.17) is 0 Å². The molecule has 1 aliphatic heterocycles. The number of nitrogens with zero attached hydrogens (tertiary/aromatic N) is 2. The number of piperazine rings is 1. The van der Waals surface area contributed by atoms with Gasteiger partial charge in [-0.05, 0) is 24.3 Å². The molecule has 1 aromatic heterocycles. The van der Waals surface area contributed by atoms with Crippen LogP contribution in [0.1, 0.15) is 10.4 Å². The van der Waals surface area contributed by atoms with Crippen LogP contribution in [0.2, 0.25) is 0 Å². The van der Waals surface area contributed by atoms with Crippen LogP contribution >= 0.6 is 0 Å². The Balaban J connectivity index is 1.60. The lowest BCUT2D eigenvalue weighted by atomic mass is 10.1. The second-order valence-electron chi connectivity index (χ2n) is 6.13. The summed E-state index contributed by atoms with van der Waals surface area (Å²) >= 11 is 0. The zero-order valence-corrected chi connectivity index (χ0v) is 13.9. The van der Waals surface area contributed by atoms with Gasteiger partial charge in [0.25, 0.3) is 5.91 Å². The zero-order chi connectivity index (χ0) is 17.1. The maximum atomic E-state index is 12.8. The predicted molar refractivity (Wildman–Crippen MR) is 101 cm³/mol. The maximum Gasteiger partial charge on any atom is 0.257 e. The molecule has 0 bridgehead atoms. The fourth-order valence-electron chi connectivity index (χ4n) is 3.18. The van der Waals surface area contributed by atoms with Crippen molar-refractivity contribution < 1.29 is 4.79 Å². The molecule has 2 heterocycles. The normalized spacial score (nSPS) is 14.5. The maximum absolute atomic E-state index is 12.8. The number of para-hydroxylation sites is 2. The summed E-state index contributed by atoms with van der Waals surface area (Å²) < 4.78 is 0. The van der Waals surface area contributed by atoms with E-state index in [0.29, 0.717) is 11.3 Å². The first-order valence-electron chi connectivity index (χ1n) is 8.52. The van der Waals surface area contributed by atoms with Crippen molar-refractivity contribution in [1.29, 1.82) is 0 Å². The van der Waals surface area contributed by atoms with Crippen LogP contribution in [0, 0.1) is 0 Å². The second kappa shape index (κ2) is 6.91.